The van der Waals surface area contributed by atoms with Gasteiger partial charge in [0.1, 0.15) is 0 Å². The van der Waals surface area contributed by atoms with E-state index in [0.717, 1.165) is 0 Å². The Morgan fingerprint density at radius 3 is 0.688 bits per heavy atom. The molecule has 0 rings (SSSR count). The second kappa shape index (κ2) is 5.96. The highest BCUT2D eigenvalue weighted by Crippen LogP contribution is 2.89. The molecule has 0 heterocycles. The monoisotopic (exact) mass is 298 g/mol. The van der Waals surface area contributed by atoms with Crippen LogP contribution in [0.15, 0.2) is 0 Å². The van der Waals surface area contributed by atoms with E-state index in [9.17, 15) is 0 Å². The van der Waals surface area contributed by atoms with Crippen molar-refractivity contribution >= 4 is 35.1 Å². The number of hydrogen-bond donors (Lipinski definition) is 0. The van der Waals surface area contributed by atoms with Gasteiger partial charge in [-0.05, 0) is 34.1 Å². The maximum absolute atomic E-state index is 6.19. The van der Waals surface area contributed by atoms with Crippen molar-refractivity contribution in [2.24, 2.45) is 0 Å². The molecule has 0 amide bonds. The van der Waals surface area contributed by atoms with Crippen LogP contribution in [-0.2, 0) is 23.6 Å². The molecule has 0 aromatic carbocycles. The molecule has 0 aliphatic rings. The minimum Gasteiger partial charge on any atom is -0.0914 e. The van der Waals surface area contributed by atoms with E-state index < -0.39 is 11.5 Å². The van der Waals surface area contributed by atoms with Crippen LogP contribution in [-0.4, -0.2) is 22.6 Å². The maximum atomic E-state index is 6.19. The molecule has 16 heavy (non-hydrogen) atoms. The largest absolute Gasteiger partial charge is 0.0914 e. The lowest BCUT2D eigenvalue weighted by atomic mass is 10.5. The molecule has 0 radical (unpaired) electrons. The molecule has 0 bridgehead atoms. The van der Waals surface area contributed by atoms with Gasteiger partial charge in [0.05, 0.1) is 0 Å². The highest BCUT2D eigenvalue weighted by molar-refractivity contribution is 8.67. The highest BCUT2D eigenvalue weighted by Gasteiger charge is 2.43. The molecule has 0 nitrogen and oxygen atoms in total. The van der Waals surface area contributed by atoms with E-state index in [-0.39, 0.29) is 0 Å². The average Bonchev–Trinajstić information content (AvgIpc) is 2.13. The van der Waals surface area contributed by atoms with Crippen LogP contribution in [0.4, 0.5) is 0 Å². The molecule has 0 aliphatic heterocycles. The normalized spacial score (nSPS) is 14.5. The van der Waals surface area contributed by atoms with Crippen LogP contribution in [0.1, 0.15) is 55.4 Å². The van der Waals surface area contributed by atoms with E-state index in [4.69, 9.17) is 23.6 Å². The molecule has 0 aromatic heterocycles. The zero-order valence-corrected chi connectivity index (χ0v) is 15.4. The minimum atomic E-state index is -1.44. The van der Waals surface area contributed by atoms with Gasteiger partial charge in [0.2, 0.25) is 0 Å². The fraction of sp³-hybridized carbons (Fsp3) is 1.00. The molecule has 0 saturated carbocycles. The van der Waals surface area contributed by atoms with E-state index in [0.29, 0.717) is 22.6 Å². The van der Waals surface area contributed by atoms with Crippen molar-refractivity contribution in [1.29, 1.82) is 0 Å². The molecule has 98 valence electrons. The van der Waals surface area contributed by atoms with Gasteiger partial charge >= 0.3 is 0 Å². The quantitative estimate of drug-likeness (QED) is 0.615. The Morgan fingerprint density at radius 1 is 0.500 bits per heavy atom. The highest BCUT2D eigenvalue weighted by atomic mass is 32.8. The summed E-state index contributed by atoms with van der Waals surface area (Å²) in [5, 5.41) is 0. The van der Waals surface area contributed by atoms with Crippen molar-refractivity contribution in [2.45, 2.75) is 78.0 Å². The first-order valence-corrected chi connectivity index (χ1v) is 12.8. The van der Waals surface area contributed by atoms with Crippen molar-refractivity contribution in [2.75, 3.05) is 0 Å². The second-order valence-electron chi connectivity index (χ2n) is 5.72. The third kappa shape index (κ3) is 2.66. The third-order valence-electron chi connectivity index (χ3n) is 3.45. The molecule has 0 atom stereocenters. The molecule has 0 N–H and O–H groups in total. The fourth-order valence-corrected chi connectivity index (χ4v) is 23.4. The van der Waals surface area contributed by atoms with Gasteiger partial charge in [-0.1, -0.05) is 79.0 Å². The van der Waals surface area contributed by atoms with E-state index in [1.54, 1.807) is 0 Å². The summed E-state index contributed by atoms with van der Waals surface area (Å²) in [6, 6.07) is 0. The lowest BCUT2D eigenvalue weighted by Crippen LogP contribution is -2.17. The summed E-state index contributed by atoms with van der Waals surface area (Å²) in [5.74, 6) is 0. The van der Waals surface area contributed by atoms with Gasteiger partial charge in [0.15, 0.2) is 0 Å². The Labute approximate surface area is 113 Å². The average molecular weight is 298 g/mol. The Hall–Kier alpha value is 1.30. The summed E-state index contributed by atoms with van der Waals surface area (Å²) < 4.78 is 0. The van der Waals surface area contributed by atoms with Gasteiger partial charge in [0, 0.05) is 0 Å². The smallest absolute Gasteiger partial charge is 0.00771 e. The van der Waals surface area contributed by atoms with Crippen LogP contribution in [0.3, 0.4) is 0 Å². The van der Waals surface area contributed by atoms with Gasteiger partial charge in [0.25, 0.3) is 0 Å². The summed E-state index contributed by atoms with van der Waals surface area (Å²) in [4.78, 5) is 0. The number of hydrogen-bond acceptors (Lipinski definition) is 2. The first-order valence-electron chi connectivity index (χ1n) is 6.22. The van der Waals surface area contributed by atoms with Crippen LogP contribution in [0.2, 0.25) is 0 Å². The van der Waals surface area contributed by atoms with Crippen LogP contribution in [0.25, 0.3) is 0 Å². The predicted molar refractivity (Wildman–Crippen MR) is 89.1 cm³/mol. The Balaban J connectivity index is 5.87. The fourth-order valence-electron chi connectivity index (χ4n) is 2.64. The summed E-state index contributed by atoms with van der Waals surface area (Å²) in [6.45, 7) is 18.4. The maximum Gasteiger partial charge on any atom is -0.00771 e. The van der Waals surface area contributed by atoms with Crippen LogP contribution >= 0.6 is 11.5 Å². The first kappa shape index (κ1) is 17.3. The van der Waals surface area contributed by atoms with E-state index in [1.807, 2.05) is 0 Å². The standard InChI is InChI=1S/C12H28P2S2/c1-9(2)13(15,10(3)4)14(16,11(5)6)12(7)8/h9-12H,1-8H3. The van der Waals surface area contributed by atoms with Crippen LogP contribution in [0, 0.1) is 0 Å². The zero-order chi connectivity index (χ0) is 13.3. The Morgan fingerprint density at radius 2 is 0.625 bits per heavy atom. The molecule has 0 aliphatic carbocycles. The van der Waals surface area contributed by atoms with Gasteiger partial charge in [-0.3, -0.25) is 0 Å². The van der Waals surface area contributed by atoms with E-state index in [2.05, 4.69) is 55.4 Å². The minimum absolute atomic E-state index is 0.595. The lowest BCUT2D eigenvalue weighted by Gasteiger charge is -2.46. The molecule has 0 spiro atoms. The second-order valence-corrected chi connectivity index (χ2v) is 21.8. The zero-order valence-electron chi connectivity index (χ0n) is 12.0. The third-order valence-corrected chi connectivity index (χ3v) is 29.7. The van der Waals surface area contributed by atoms with Crippen molar-refractivity contribution in [3.05, 3.63) is 0 Å². The van der Waals surface area contributed by atoms with Crippen LogP contribution < -0.4 is 0 Å². The summed E-state index contributed by atoms with van der Waals surface area (Å²) in [7, 11) is 0. The molecular weight excluding hydrogens is 270 g/mol. The van der Waals surface area contributed by atoms with Crippen molar-refractivity contribution < 1.29 is 0 Å². The van der Waals surface area contributed by atoms with Gasteiger partial charge in [-0.15, -0.1) is 0 Å². The van der Waals surface area contributed by atoms with Crippen molar-refractivity contribution in [1.82, 2.24) is 0 Å². The van der Waals surface area contributed by atoms with Gasteiger partial charge in [-0.2, -0.15) is 0 Å². The molecule has 0 aromatic rings. The van der Waals surface area contributed by atoms with Gasteiger partial charge < -0.3 is 0 Å². The Bertz CT molecular complexity index is 261. The molecular formula is C12H28P2S2. The van der Waals surface area contributed by atoms with Crippen molar-refractivity contribution in [3.8, 4) is 0 Å². The molecule has 0 saturated heterocycles. The molecule has 0 fully saturated rings. The van der Waals surface area contributed by atoms with Crippen molar-refractivity contribution in [3.63, 3.8) is 0 Å². The van der Waals surface area contributed by atoms with E-state index in [1.165, 1.54) is 0 Å². The number of rotatable bonds is 5. The molecule has 4 heteroatoms. The van der Waals surface area contributed by atoms with Crippen LogP contribution in [0.5, 0.6) is 0 Å². The predicted octanol–water partition coefficient (Wildman–Crippen LogP) is 5.49. The topological polar surface area (TPSA) is 0 Å². The summed E-state index contributed by atoms with van der Waals surface area (Å²) in [6.07, 6.45) is 0. The Kier molecular flexibility index (Phi) is 6.45. The SMILES string of the molecule is CC(C)P(=S)(C(C)C)P(=S)(C(C)C)C(C)C. The first-order chi connectivity index (χ1) is 7.02. The van der Waals surface area contributed by atoms with E-state index >= 15 is 0 Å². The molecule has 0 unspecified atom stereocenters. The summed E-state index contributed by atoms with van der Waals surface area (Å²) in [5.41, 5.74) is -0.495. The lowest BCUT2D eigenvalue weighted by molar-refractivity contribution is 0.994. The van der Waals surface area contributed by atoms with Gasteiger partial charge in [-0.25, -0.2) is 0 Å². The summed E-state index contributed by atoms with van der Waals surface area (Å²) >= 11 is 12.4.